The van der Waals surface area contributed by atoms with E-state index in [0.29, 0.717) is 5.92 Å². The Morgan fingerprint density at radius 1 is 0.762 bits per heavy atom. The molecule has 4 aliphatic carbocycles. The van der Waals surface area contributed by atoms with Crippen molar-refractivity contribution in [2.75, 3.05) is 0 Å². The summed E-state index contributed by atoms with van der Waals surface area (Å²) in [4.78, 5) is 0. The van der Waals surface area contributed by atoms with Gasteiger partial charge in [-0.25, -0.2) is 0 Å². The van der Waals surface area contributed by atoms with E-state index >= 15 is 0 Å². The Labute approximate surface area is 126 Å². The summed E-state index contributed by atoms with van der Waals surface area (Å²) in [6.45, 7) is 0. The molecular formula is C21H18. The average molecular weight is 270 g/mol. The summed E-state index contributed by atoms with van der Waals surface area (Å²) in [5.41, 5.74) is 7.16. The molecule has 0 aliphatic heterocycles. The number of hydrogen-bond donors (Lipinski definition) is 0. The summed E-state index contributed by atoms with van der Waals surface area (Å²) in [6.07, 6.45) is 31.1. The Kier molecular flexibility index (Phi) is 3.08. The van der Waals surface area contributed by atoms with Gasteiger partial charge in [0.15, 0.2) is 0 Å². The van der Waals surface area contributed by atoms with Crippen LogP contribution in [-0.2, 0) is 0 Å². The molecule has 0 saturated heterocycles. The van der Waals surface area contributed by atoms with Crippen LogP contribution in [0, 0.1) is 5.92 Å². The molecule has 0 saturated carbocycles. The van der Waals surface area contributed by atoms with Crippen molar-refractivity contribution in [3.8, 4) is 0 Å². The monoisotopic (exact) mass is 270 g/mol. The smallest absolute Gasteiger partial charge is 0.0252 e. The van der Waals surface area contributed by atoms with Crippen LogP contribution in [0.3, 0.4) is 0 Å². The molecule has 4 aliphatic rings. The number of hydrogen-bond acceptors (Lipinski definition) is 0. The van der Waals surface area contributed by atoms with Gasteiger partial charge in [-0.3, -0.25) is 0 Å². The molecule has 0 heteroatoms. The third-order valence-electron chi connectivity index (χ3n) is 4.43. The Bertz CT molecular complexity index is 737. The second-order valence-corrected chi connectivity index (χ2v) is 5.67. The third kappa shape index (κ3) is 2.08. The molecule has 0 heterocycles. The van der Waals surface area contributed by atoms with Crippen molar-refractivity contribution in [3.05, 3.63) is 107 Å². The third-order valence-corrected chi connectivity index (χ3v) is 4.43. The van der Waals surface area contributed by atoms with Crippen molar-refractivity contribution in [2.24, 2.45) is 5.92 Å². The zero-order valence-electron chi connectivity index (χ0n) is 12.0. The highest BCUT2D eigenvalue weighted by molar-refractivity contribution is 5.69. The van der Waals surface area contributed by atoms with Crippen molar-refractivity contribution in [1.82, 2.24) is 0 Å². The molecule has 0 N–H and O–H groups in total. The number of fused-ring (bicyclic) bond motifs is 2. The SMILES string of the molecule is C1=CC=C2C=CCC=CC3C4=C(C=CC=CC4)C(=C23)C=C1. The van der Waals surface area contributed by atoms with E-state index in [9.17, 15) is 0 Å². The van der Waals surface area contributed by atoms with Gasteiger partial charge in [0.2, 0.25) is 0 Å². The molecule has 0 spiro atoms. The maximum absolute atomic E-state index is 2.39. The summed E-state index contributed by atoms with van der Waals surface area (Å²) in [5, 5.41) is 0. The first-order chi connectivity index (χ1) is 10.4. The molecule has 1 unspecified atom stereocenters. The zero-order chi connectivity index (χ0) is 14.1. The van der Waals surface area contributed by atoms with Crippen molar-refractivity contribution in [2.45, 2.75) is 12.8 Å². The van der Waals surface area contributed by atoms with Gasteiger partial charge in [0.05, 0.1) is 0 Å². The van der Waals surface area contributed by atoms with Crippen molar-refractivity contribution in [1.29, 1.82) is 0 Å². The largest absolute Gasteiger partial charge is 0.0838 e. The lowest BCUT2D eigenvalue weighted by Gasteiger charge is -2.18. The van der Waals surface area contributed by atoms with Crippen LogP contribution in [0.25, 0.3) is 0 Å². The van der Waals surface area contributed by atoms with E-state index in [0.717, 1.165) is 12.8 Å². The summed E-state index contributed by atoms with van der Waals surface area (Å²) in [7, 11) is 0. The van der Waals surface area contributed by atoms with Gasteiger partial charge >= 0.3 is 0 Å². The first-order valence-corrected chi connectivity index (χ1v) is 7.64. The predicted octanol–water partition coefficient (Wildman–Crippen LogP) is 5.29. The van der Waals surface area contributed by atoms with E-state index in [-0.39, 0.29) is 0 Å². The average Bonchev–Trinajstić information content (AvgIpc) is 2.63. The van der Waals surface area contributed by atoms with Gasteiger partial charge in [-0.15, -0.1) is 0 Å². The highest BCUT2D eigenvalue weighted by Crippen LogP contribution is 2.46. The number of allylic oxidation sites excluding steroid dienone is 18. The quantitative estimate of drug-likeness (QED) is 0.524. The minimum atomic E-state index is 0.426. The van der Waals surface area contributed by atoms with Crippen LogP contribution in [0.1, 0.15) is 12.8 Å². The summed E-state index contributed by atoms with van der Waals surface area (Å²) < 4.78 is 0. The van der Waals surface area contributed by atoms with Crippen LogP contribution >= 0.6 is 0 Å². The Hall–Kier alpha value is -2.34. The molecule has 21 heavy (non-hydrogen) atoms. The van der Waals surface area contributed by atoms with Crippen LogP contribution < -0.4 is 0 Å². The lowest BCUT2D eigenvalue weighted by Crippen LogP contribution is -2.04. The second-order valence-electron chi connectivity index (χ2n) is 5.67. The molecule has 0 fully saturated rings. The minimum Gasteiger partial charge on any atom is -0.0838 e. The van der Waals surface area contributed by atoms with Crippen LogP contribution in [0.4, 0.5) is 0 Å². The van der Waals surface area contributed by atoms with Gasteiger partial charge in [-0.05, 0) is 40.7 Å². The van der Waals surface area contributed by atoms with Crippen molar-refractivity contribution < 1.29 is 0 Å². The molecule has 0 bridgehead atoms. The van der Waals surface area contributed by atoms with E-state index in [4.69, 9.17) is 0 Å². The van der Waals surface area contributed by atoms with Crippen LogP contribution in [0.15, 0.2) is 107 Å². The fourth-order valence-electron chi connectivity index (χ4n) is 3.51. The highest BCUT2D eigenvalue weighted by Gasteiger charge is 2.31. The first kappa shape index (κ1) is 12.4. The summed E-state index contributed by atoms with van der Waals surface area (Å²) in [5.74, 6) is 0.426. The molecule has 102 valence electrons. The molecule has 0 nitrogen and oxygen atoms in total. The van der Waals surface area contributed by atoms with Gasteiger partial charge in [-0.2, -0.15) is 0 Å². The molecule has 0 aromatic carbocycles. The predicted molar refractivity (Wildman–Crippen MR) is 89.7 cm³/mol. The normalized spacial score (nSPS) is 25.9. The molecular weight excluding hydrogens is 252 g/mol. The fourth-order valence-corrected chi connectivity index (χ4v) is 3.51. The summed E-state index contributed by atoms with van der Waals surface area (Å²) >= 11 is 0. The first-order valence-electron chi connectivity index (χ1n) is 7.64. The van der Waals surface area contributed by atoms with E-state index < -0.39 is 0 Å². The molecule has 1 atom stereocenters. The molecule has 0 radical (unpaired) electrons. The molecule has 0 amide bonds. The van der Waals surface area contributed by atoms with Gasteiger partial charge < -0.3 is 0 Å². The van der Waals surface area contributed by atoms with Crippen LogP contribution in [0.2, 0.25) is 0 Å². The van der Waals surface area contributed by atoms with Gasteiger partial charge in [0.1, 0.15) is 0 Å². The Morgan fingerprint density at radius 2 is 1.67 bits per heavy atom. The molecule has 0 aromatic heterocycles. The lowest BCUT2D eigenvalue weighted by atomic mass is 9.85. The van der Waals surface area contributed by atoms with Gasteiger partial charge in [0, 0.05) is 5.92 Å². The van der Waals surface area contributed by atoms with Crippen molar-refractivity contribution in [3.63, 3.8) is 0 Å². The van der Waals surface area contributed by atoms with Crippen molar-refractivity contribution >= 4 is 0 Å². The second kappa shape index (κ2) is 5.21. The van der Waals surface area contributed by atoms with E-state index in [1.807, 2.05) is 0 Å². The highest BCUT2D eigenvalue weighted by atomic mass is 14.3. The molecule has 4 rings (SSSR count). The van der Waals surface area contributed by atoms with E-state index in [2.05, 4.69) is 79.0 Å². The van der Waals surface area contributed by atoms with Gasteiger partial charge in [0.25, 0.3) is 0 Å². The van der Waals surface area contributed by atoms with E-state index in [1.165, 1.54) is 27.9 Å². The maximum Gasteiger partial charge on any atom is 0.0252 e. The zero-order valence-corrected chi connectivity index (χ0v) is 12.0. The fraction of sp³-hybridized carbons (Fsp3) is 0.143. The maximum atomic E-state index is 2.39. The number of rotatable bonds is 0. The minimum absolute atomic E-state index is 0.426. The lowest BCUT2D eigenvalue weighted by molar-refractivity contribution is 0.885. The summed E-state index contributed by atoms with van der Waals surface area (Å²) in [6, 6.07) is 0. The van der Waals surface area contributed by atoms with Crippen LogP contribution in [0.5, 0.6) is 0 Å². The standard InChI is InChI=1S/C21H18/c1-4-10-16-11-5-2-9-15-20-18-13-7-3-6-12-17(18)19(14-8-1)21(16)20/h1,3-12,14-15,20H,2,13H2. The van der Waals surface area contributed by atoms with E-state index in [1.54, 1.807) is 0 Å². The Morgan fingerprint density at radius 3 is 2.67 bits per heavy atom. The Balaban J connectivity index is 1.96. The van der Waals surface area contributed by atoms with Gasteiger partial charge in [-0.1, -0.05) is 79.0 Å². The topological polar surface area (TPSA) is 0 Å². The van der Waals surface area contributed by atoms with Crippen LogP contribution in [-0.4, -0.2) is 0 Å². The molecule has 0 aromatic rings.